The number of amides is 1. The predicted octanol–water partition coefficient (Wildman–Crippen LogP) is 4.21. The van der Waals surface area contributed by atoms with E-state index in [2.05, 4.69) is 10.3 Å². The van der Waals surface area contributed by atoms with E-state index in [1.165, 1.54) is 30.2 Å². The van der Waals surface area contributed by atoms with Crippen LogP contribution in [0.3, 0.4) is 0 Å². The quantitative estimate of drug-likeness (QED) is 0.689. The van der Waals surface area contributed by atoms with Gasteiger partial charge >= 0.3 is 6.18 Å². The number of alkyl halides is 3. The molecule has 1 saturated heterocycles. The number of carbonyl (C=O) groups is 1. The average Bonchev–Trinajstić information content (AvgIpc) is 3.24. The average molecular weight is 405 g/mol. The van der Waals surface area contributed by atoms with Gasteiger partial charge in [-0.1, -0.05) is 12.1 Å². The molecular weight excluding hydrogens is 387 g/mol. The molecule has 0 radical (unpaired) electrons. The molecule has 4 rings (SSSR count). The number of methoxy groups -OCH3 is 1. The molecule has 6 nitrogen and oxygen atoms in total. The van der Waals surface area contributed by atoms with E-state index in [-0.39, 0.29) is 18.8 Å². The van der Waals surface area contributed by atoms with Gasteiger partial charge in [-0.3, -0.25) is 4.79 Å². The van der Waals surface area contributed by atoms with E-state index in [0.29, 0.717) is 29.1 Å². The second kappa shape index (κ2) is 7.40. The molecule has 152 valence electrons. The van der Waals surface area contributed by atoms with Gasteiger partial charge < -0.3 is 19.4 Å². The topological polar surface area (TPSA) is 67.6 Å². The van der Waals surface area contributed by atoms with Crippen LogP contribution in [0.2, 0.25) is 0 Å². The van der Waals surface area contributed by atoms with Gasteiger partial charge in [0.15, 0.2) is 5.58 Å². The standard InChI is InChI=1S/C20H18F3N3O3/c1-28-11-18-25-15-10-12(6-7-17(15)29-18)24-14-8-9-26(19(14)27)16-5-3-2-4-13(16)20(21,22)23/h2-7,10,14,24H,8-9,11H2,1H3. The number of halogens is 3. The molecule has 1 unspecified atom stereocenters. The Morgan fingerprint density at radius 3 is 2.83 bits per heavy atom. The molecule has 1 N–H and O–H groups in total. The number of hydrogen-bond acceptors (Lipinski definition) is 5. The van der Waals surface area contributed by atoms with Crippen LogP contribution in [-0.2, 0) is 22.3 Å². The lowest BCUT2D eigenvalue weighted by Gasteiger charge is -2.22. The van der Waals surface area contributed by atoms with Crippen LogP contribution in [0.5, 0.6) is 0 Å². The number of ether oxygens (including phenoxy) is 1. The summed E-state index contributed by atoms with van der Waals surface area (Å²) in [5, 5.41) is 3.10. The molecule has 2 heterocycles. The SMILES string of the molecule is COCc1nc2cc(NC3CCN(c4ccccc4C(F)(F)F)C3=O)ccc2o1. The lowest BCUT2D eigenvalue weighted by molar-refractivity contribution is -0.137. The zero-order valence-corrected chi connectivity index (χ0v) is 15.5. The van der Waals surface area contributed by atoms with Crippen molar-refractivity contribution in [3.63, 3.8) is 0 Å². The Labute approximate surface area is 164 Å². The maximum atomic E-state index is 13.3. The van der Waals surface area contributed by atoms with Crippen molar-refractivity contribution in [1.29, 1.82) is 0 Å². The fraction of sp³-hybridized carbons (Fsp3) is 0.300. The molecule has 1 aliphatic heterocycles. The molecule has 1 amide bonds. The van der Waals surface area contributed by atoms with Crippen molar-refractivity contribution in [2.45, 2.75) is 25.2 Å². The number of rotatable bonds is 5. The van der Waals surface area contributed by atoms with Gasteiger partial charge in [-0.15, -0.1) is 0 Å². The van der Waals surface area contributed by atoms with Crippen molar-refractivity contribution in [3.8, 4) is 0 Å². The summed E-state index contributed by atoms with van der Waals surface area (Å²) in [5.74, 6) is 0.0357. The van der Waals surface area contributed by atoms with E-state index >= 15 is 0 Å². The van der Waals surface area contributed by atoms with E-state index < -0.39 is 23.7 Å². The molecule has 1 atom stereocenters. The fourth-order valence-electron chi connectivity index (χ4n) is 3.45. The van der Waals surface area contributed by atoms with Crippen molar-refractivity contribution in [2.75, 3.05) is 23.9 Å². The van der Waals surface area contributed by atoms with Crippen molar-refractivity contribution in [1.82, 2.24) is 4.98 Å². The molecule has 0 spiro atoms. The first-order valence-corrected chi connectivity index (χ1v) is 8.99. The molecule has 2 aromatic carbocycles. The van der Waals surface area contributed by atoms with E-state index in [4.69, 9.17) is 9.15 Å². The molecule has 9 heteroatoms. The van der Waals surface area contributed by atoms with Crippen molar-refractivity contribution in [2.24, 2.45) is 0 Å². The first-order valence-electron chi connectivity index (χ1n) is 8.99. The Hall–Kier alpha value is -3.07. The lowest BCUT2D eigenvalue weighted by Crippen LogP contribution is -2.34. The minimum absolute atomic E-state index is 0.120. The van der Waals surface area contributed by atoms with Crippen LogP contribution < -0.4 is 10.2 Å². The van der Waals surface area contributed by atoms with Gasteiger partial charge in [0.2, 0.25) is 11.8 Å². The number of benzene rings is 2. The molecule has 0 bridgehead atoms. The first-order chi connectivity index (χ1) is 13.9. The van der Waals surface area contributed by atoms with Crippen LogP contribution in [0.1, 0.15) is 17.9 Å². The third kappa shape index (κ3) is 3.77. The molecular formula is C20H18F3N3O3. The molecule has 0 aliphatic carbocycles. The highest BCUT2D eigenvalue weighted by Gasteiger charge is 2.39. The van der Waals surface area contributed by atoms with Crippen LogP contribution in [0.25, 0.3) is 11.1 Å². The van der Waals surface area contributed by atoms with E-state index in [0.717, 1.165) is 6.07 Å². The molecule has 0 saturated carbocycles. The van der Waals surface area contributed by atoms with E-state index in [1.807, 2.05) is 0 Å². The number of nitrogens with zero attached hydrogens (tertiary/aromatic N) is 2. The molecule has 1 fully saturated rings. The lowest BCUT2D eigenvalue weighted by atomic mass is 10.1. The summed E-state index contributed by atoms with van der Waals surface area (Å²) < 4.78 is 50.4. The van der Waals surface area contributed by atoms with E-state index in [1.54, 1.807) is 18.2 Å². The molecule has 29 heavy (non-hydrogen) atoms. The highest BCUT2D eigenvalue weighted by molar-refractivity contribution is 6.01. The summed E-state index contributed by atoms with van der Waals surface area (Å²) in [7, 11) is 1.54. The highest BCUT2D eigenvalue weighted by atomic mass is 19.4. The van der Waals surface area contributed by atoms with Crippen LogP contribution in [-0.4, -0.2) is 30.6 Å². The van der Waals surface area contributed by atoms with Gasteiger partial charge in [0.1, 0.15) is 18.2 Å². The third-order valence-corrected chi connectivity index (χ3v) is 4.75. The fourth-order valence-corrected chi connectivity index (χ4v) is 3.45. The van der Waals surface area contributed by atoms with Crippen LogP contribution in [0, 0.1) is 0 Å². The summed E-state index contributed by atoms with van der Waals surface area (Å²) in [6.07, 6.45) is -4.14. The summed E-state index contributed by atoms with van der Waals surface area (Å²) in [6, 6.07) is 9.68. The van der Waals surface area contributed by atoms with Crippen molar-refractivity contribution < 1.29 is 27.1 Å². The third-order valence-electron chi connectivity index (χ3n) is 4.75. The monoisotopic (exact) mass is 405 g/mol. The van der Waals surface area contributed by atoms with Crippen LogP contribution in [0.4, 0.5) is 24.5 Å². The Bertz CT molecular complexity index is 1050. The first kappa shape index (κ1) is 19.3. The minimum Gasteiger partial charge on any atom is -0.438 e. The highest BCUT2D eigenvalue weighted by Crippen LogP contribution is 2.38. The largest absolute Gasteiger partial charge is 0.438 e. The maximum Gasteiger partial charge on any atom is 0.418 e. The van der Waals surface area contributed by atoms with Gasteiger partial charge in [-0.2, -0.15) is 13.2 Å². The Balaban J connectivity index is 1.54. The Morgan fingerprint density at radius 2 is 2.07 bits per heavy atom. The number of carbonyl (C=O) groups excluding carboxylic acids is 1. The van der Waals surface area contributed by atoms with Crippen LogP contribution >= 0.6 is 0 Å². The van der Waals surface area contributed by atoms with Gasteiger partial charge in [-0.05, 0) is 36.8 Å². The minimum atomic E-state index is -4.53. The summed E-state index contributed by atoms with van der Waals surface area (Å²) in [4.78, 5) is 18.3. The van der Waals surface area contributed by atoms with E-state index in [9.17, 15) is 18.0 Å². The zero-order chi connectivity index (χ0) is 20.6. The van der Waals surface area contributed by atoms with Crippen LogP contribution in [0.15, 0.2) is 46.9 Å². The summed E-state index contributed by atoms with van der Waals surface area (Å²) in [5.41, 5.74) is 0.890. The predicted molar refractivity (Wildman–Crippen MR) is 101 cm³/mol. The smallest absolute Gasteiger partial charge is 0.418 e. The number of fused-ring (bicyclic) bond motifs is 1. The molecule has 1 aromatic heterocycles. The van der Waals surface area contributed by atoms with Gasteiger partial charge in [0.25, 0.3) is 0 Å². The van der Waals surface area contributed by atoms with Crippen molar-refractivity contribution in [3.05, 3.63) is 53.9 Å². The number of hydrogen-bond donors (Lipinski definition) is 1. The molecule has 3 aromatic rings. The second-order valence-corrected chi connectivity index (χ2v) is 6.71. The second-order valence-electron chi connectivity index (χ2n) is 6.71. The number of oxazole rings is 1. The number of aromatic nitrogens is 1. The maximum absolute atomic E-state index is 13.3. The van der Waals surface area contributed by atoms with Gasteiger partial charge in [-0.25, -0.2) is 4.98 Å². The zero-order valence-electron chi connectivity index (χ0n) is 15.5. The van der Waals surface area contributed by atoms with Gasteiger partial charge in [0, 0.05) is 19.3 Å². The van der Waals surface area contributed by atoms with Crippen molar-refractivity contribution >= 4 is 28.4 Å². The summed E-state index contributed by atoms with van der Waals surface area (Å²) >= 11 is 0. The number of nitrogens with one attached hydrogen (secondary N) is 1. The normalized spacial score (nSPS) is 17.3. The van der Waals surface area contributed by atoms with Gasteiger partial charge in [0.05, 0.1) is 11.3 Å². The number of para-hydroxylation sites is 1. The molecule has 1 aliphatic rings. The Kier molecular flexibility index (Phi) is 4.91. The number of anilines is 2. The Morgan fingerprint density at radius 1 is 1.28 bits per heavy atom. The summed E-state index contributed by atoms with van der Waals surface area (Å²) in [6.45, 7) is 0.444.